The van der Waals surface area contributed by atoms with Gasteiger partial charge >= 0.3 is 0 Å². The van der Waals surface area contributed by atoms with Crippen molar-refractivity contribution in [3.8, 4) is 11.5 Å². The molecule has 4 rings (SSSR count). The summed E-state index contributed by atoms with van der Waals surface area (Å²) in [5, 5.41) is 3.27. The summed E-state index contributed by atoms with van der Waals surface area (Å²) in [7, 11) is 1.62. The summed E-state index contributed by atoms with van der Waals surface area (Å²) in [6.45, 7) is 2.21. The summed E-state index contributed by atoms with van der Waals surface area (Å²) in [6, 6.07) is 24.7. The van der Waals surface area contributed by atoms with Crippen LogP contribution in [-0.4, -0.2) is 42.5 Å². The highest BCUT2D eigenvalue weighted by Crippen LogP contribution is 2.21. The van der Waals surface area contributed by atoms with Crippen LogP contribution in [0.3, 0.4) is 0 Å². The second kappa shape index (κ2) is 14.4. The molecule has 0 heterocycles. The molecule has 39 heavy (non-hydrogen) atoms. The maximum Gasteiger partial charge on any atom is 0.261 e. The fourth-order valence-corrected chi connectivity index (χ4v) is 5.12. The number of methoxy groups -OCH3 is 1. The molecule has 0 spiro atoms. The van der Waals surface area contributed by atoms with E-state index < -0.39 is 6.04 Å². The van der Waals surface area contributed by atoms with E-state index in [-0.39, 0.29) is 31.0 Å². The molecule has 0 aliphatic heterocycles. The second-order valence-corrected chi connectivity index (χ2v) is 10.2. The Balaban J connectivity index is 1.60. The lowest BCUT2D eigenvalue weighted by molar-refractivity contribution is -0.143. The largest absolute Gasteiger partial charge is 0.497 e. The van der Waals surface area contributed by atoms with Crippen molar-refractivity contribution in [3.05, 3.63) is 95.6 Å². The van der Waals surface area contributed by atoms with Crippen LogP contribution in [0.4, 0.5) is 0 Å². The number of carbonyl (C=O) groups is 2. The lowest BCUT2D eigenvalue weighted by Gasteiger charge is -2.33. The zero-order chi connectivity index (χ0) is 27.5. The quantitative estimate of drug-likeness (QED) is 0.326. The minimum Gasteiger partial charge on any atom is -0.497 e. The molecule has 6 nitrogen and oxygen atoms in total. The van der Waals surface area contributed by atoms with Gasteiger partial charge in [0.15, 0.2) is 6.61 Å². The first-order chi connectivity index (χ1) is 19.1. The second-order valence-electron chi connectivity index (χ2n) is 10.2. The first kappa shape index (κ1) is 28.2. The number of carbonyl (C=O) groups excluding carboxylic acids is 2. The third-order valence-electron chi connectivity index (χ3n) is 7.40. The minimum atomic E-state index is -0.681. The highest BCUT2D eigenvalue weighted by molar-refractivity contribution is 5.88. The monoisotopic (exact) mass is 528 g/mol. The van der Waals surface area contributed by atoms with E-state index in [2.05, 4.69) is 12.2 Å². The Morgan fingerprint density at radius 3 is 2.28 bits per heavy atom. The number of ether oxygens (including phenoxy) is 2. The van der Waals surface area contributed by atoms with Gasteiger partial charge in [0.05, 0.1) is 7.11 Å². The van der Waals surface area contributed by atoms with Gasteiger partial charge in [-0.3, -0.25) is 9.59 Å². The van der Waals surface area contributed by atoms with Gasteiger partial charge in [0.25, 0.3) is 5.91 Å². The molecule has 1 aliphatic carbocycles. The van der Waals surface area contributed by atoms with Gasteiger partial charge in [0.1, 0.15) is 17.5 Å². The molecular formula is C33H40N2O4. The smallest absolute Gasteiger partial charge is 0.261 e. The van der Waals surface area contributed by atoms with Crippen LogP contribution in [0, 0.1) is 0 Å². The van der Waals surface area contributed by atoms with Gasteiger partial charge in [-0.05, 0) is 60.2 Å². The summed E-state index contributed by atoms with van der Waals surface area (Å²) in [5.74, 6) is 0.984. The van der Waals surface area contributed by atoms with Crippen molar-refractivity contribution in [2.45, 2.75) is 70.5 Å². The number of rotatable bonds is 12. The number of aryl methyl sites for hydroxylation is 1. The van der Waals surface area contributed by atoms with Crippen molar-refractivity contribution in [1.29, 1.82) is 0 Å². The summed E-state index contributed by atoms with van der Waals surface area (Å²) < 4.78 is 11.3. The molecule has 0 bridgehead atoms. The van der Waals surface area contributed by atoms with E-state index in [1.165, 1.54) is 12.0 Å². The van der Waals surface area contributed by atoms with Crippen molar-refractivity contribution >= 4 is 11.8 Å². The number of benzene rings is 3. The summed E-state index contributed by atoms with van der Waals surface area (Å²) >= 11 is 0. The lowest BCUT2D eigenvalue weighted by Crippen LogP contribution is -2.53. The summed E-state index contributed by atoms with van der Waals surface area (Å²) in [6.07, 6.45) is 6.74. The summed E-state index contributed by atoms with van der Waals surface area (Å²) in [5.41, 5.74) is 3.09. The molecule has 1 saturated carbocycles. The summed E-state index contributed by atoms with van der Waals surface area (Å²) in [4.78, 5) is 29.3. The Morgan fingerprint density at radius 1 is 0.872 bits per heavy atom. The van der Waals surface area contributed by atoms with Crippen LogP contribution >= 0.6 is 0 Å². The molecule has 0 aromatic heterocycles. The molecule has 2 amide bonds. The van der Waals surface area contributed by atoms with E-state index in [0.29, 0.717) is 17.9 Å². The molecule has 0 unspecified atom stereocenters. The Labute approximate surface area is 232 Å². The Morgan fingerprint density at radius 2 is 1.59 bits per heavy atom. The van der Waals surface area contributed by atoms with E-state index in [9.17, 15) is 9.59 Å². The van der Waals surface area contributed by atoms with Crippen molar-refractivity contribution in [2.75, 3.05) is 13.7 Å². The van der Waals surface area contributed by atoms with Crippen LogP contribution < -0.4 is 14.8 Å². The average Bonchev–Trinajstić information content (AvgIpc) is 2.99. The van der Waals surface area contributed by atoms with Crippen LogP contribution in [0.1, 0.15) is 55.7 Å². The molecule has 1 N–H and O–H groups in total. The molecule has 0 radical (unpaired) electrons. The lowest BCUT2D eigenvalue weighted by atomic mass is 9.94. The zero-order valence-corrected chi connectivity index (χ0v) is 23.1. The molecular weight excluding hydrogens is 488 g/mol. The normalized spacial score (nSPS) is 14.3. The first-order valence-corrected chi connectivity index (χ1v) is 14.0. The predicted molar refractivity (Wildman–Crippen MR) is 154 cm³/mol. The van der Waals surface area contributed by atoms with Gasteiger partial charge in [0.2, 0.25) is 5.91 Å². The third-order valence-corrected chi connectivity index (χ3v) is 7.40. The van der Waals surface area contributed by atoms with Gasteiger partial charge in [-0.2, -0.15) is 0 Å². The van der Waals surface area contributed by atoms with E-state index in [1.807, 2.05) is 78.9 Å². The fourth-order valence-electron chi connectivity index (χ4n) is 5.12. The predicted octanol–water partition coefficient (Wildman–Crippen LogP) is 5.73. The average molecular weight is 529 g/mol. The van der Waals surface area contributed by atoms with Crippen molar-refractivity contribution < 1.29 is 19.1 Å². The topological polar surface area (TPSA) is 67.9 Å². The minimum absolute atomic E-state index is 0.116. The number of amides is 2. The number of hydrogen-bond acceptors (Lipinski definition) is 4. The van der Waals surface area contributed by atoms with E-state index in [4.69, 9.17) is 9.47 Å². The number of hydrogen-bond donors (Lipinski definition) is 1. The van der Waals surface area contributed by atoms with Crippen LogP contribution in [0.2, 0.25) is 0 Å². The van der Waals surface area contributed by atoms with E-state index in [0.717, 1.165) is 43.2 Å². The van der Waals surface area contributed by atoms with Gasteiger partial charge in [-0.1, -0.05) is 80.8 Å². The van der Waals surface area contributed by atoms with E-state index >= 15 is 0 Å². The highest BCUT2D eigenvalue weighted by Gasteiger charge is 2.32. The molecule has 206 valence electrons. The molecule has 1 aliphatic rings. The molecule has 1 atom stereocenters. The molecule has 6 heteroatoms. The van der Waals surface area contributed by atoms with Crippen molar-refractivity contribution in [2.24, 2.45) is 0 Å². The zero-order valence-electron chi connectivity index (χ0n) is 23.1. The Bertz CT molecular complexity index is 1190. The van der Waals surface area contributed by atoms with Gasteiger partial charge in [-0.15, -0.1) is 0 Å². The standard InChI is InChI=1S/C33H40N2O4/c1-3-25-17-19-29(20-18-25)39-24-32(36)35(23-27-13-10-16-30(21-27)38-2)31(22-26-11-6-4-7-12-26)33(37)34-28-14-8-5-9-15-28/h4,6-7,10-13,16-21,28,31H,3,5,8-9,14-15,22-24H2,1-2H3,(H,34,37)/t31-/m0/s1. The molecule has 0 saturated heterocycles. The van der Waals surface area contributed by atoms with Crippen LogP contribution in [0.25, 0.3) is 0 Å². The number of nitrogens with one attached hydrogen (secondary N) is 1. The fraction of sp³-hybridized carbons (Fsp3) is 0.394. The van der Waals surface area contributed by atoms with Crippen molar-refractivity contribution in [1.82, 2.24) is 10.2 Å². The maximum absolute atomic E-state index is 13.8. The highest BCUT2D eigenvalue weighted by atomic mass is 16.5. The van der Waals surface area contributed by atoms with Gasteiger partial charge in [-0.25, -0.2) is 0 Å². The third kappa shape index (κ3) is 8.34. The van der Waals surface area contributed by atoms with Crippen LogP contribution in [0.5, 0.6) is 11.5 Å². The van der Waals surface area contributed by atoms with Gasteiger partial charge < -0.3 is 19.7 Å². The Hall–Kier alpha value is -3.80. The number of nitrogens with zero attached hydrogens (tertiary/aromatic N) is 1. The Kier molecular flexibility index (Phi) is 10.4. The van der Waals surface area contributed by atoms with Crippen molar-refractivity contribution in [3.63, 3.8) is 0 Å². The SMILES string of the molecule is CCc1ccc(OCC(=O)N(Cc2cccc(OC)c2)[C@@H](Cc2ccccc2)C(=O)NC2CCCCC2)cc1. The van der Waals surface area contributed by atoms with Crippen LogP contribution in [0.15, 0.2) is 78.9 Å². The molecule has 3 aromatic carbocycles. The maximum atomic E-state index is 13.8. The van der Waals surface area contributed by atoms with Gasteiger partial charge in [0, 0.05) is 19.0 Å². The molecule has 1 fully saturated rings. The van der Waals surface area contributed by atoms with Crippen LogP contribution in [-0.2, 0) is 29.0 Å². The molecule has 3 aromatic rings. The first-order valence-electron chi connectivity index (χ1n) is 14.0. The van der Waals surface area contributed by atoms with E-state index in [1.54, 1.807) is 12.0 Å².